The lowest BCUT2D eigenvalue weighted by molar-refractivity contribution is -0.125. The van der Waals surface area contributed by atoms with E-state index in [1.165, 1.54) is 12.1 Å². The fraction of sp³-hybridized carbons (Fsp3) is 0.462. The summed E-state index contributed by atoms with van der Waals surface area (Å²) in [6.45, 7) is 2.23. The van der Waals surface area contributed by atoms with Crippen molar-refractivity contribution >= 4 is 5.91 Å². The smallest absolute Gasteiger partial charge is 0.224 e. The summed E-state index contributed by atoms with van der Waals surface area (Å²) in [6, 6.07) is 6.19. The normalized spacial score (nSPS) is 19.9. The summed E-state index contributed by atoms with van der Waals surface area (Å²) in [5, 5.41) is 6.10. The van der Waals surface area contributed by atoms with Crippen LogP contribution in [0.3, 0.4) is 0 Å². The van der Waals surface area contributed by atoms with E-state index in [0.29, 0.717) is 6.54 Å². The number of halogens is 1. The molecule has 0 radical (unpaired) electrons. The Kier molecular flexibility index (Phi) is 4.09. The number of hydrogen-bond acceptors (Lipinski definition) is 2. The van der Waals surface area contributed by atoms with Crippen LogP contribution in [-0.2, 0) is 11.3 Å². The van der Waals surface area contributed by atoms with Gasteiger partial charge in [-0.1, -0.05) is 12.1 Å². The monoisotopic (exact) mass is 236 g/mol. The summed E-state index contributed by atoms with van der Waals surface area (Å²) in [4.78, 5) is 11.8. The molecule has 92 valence electrons. The van der Waals surface area contributed by atoms with Gasteiger partial charge in [-0.15, -0.1) is 0 Å². The molecule has 1 heterocycles. The van der Waals surface area contributed by atoms with Crippen LogP contribution in [0.1, 0.15) is 18.4 Å². The van der Waals surface area contributed by atoms with Crippen LogP contribution in [0.4, 0.5) is 4.39 Å². The highest BCUT2D eigenvalue weighted by atomic mass is 19.1. The molecular weight excluding hydrogens is 219 g/mol. The van der Waals surface area contributed by atoms with Gasteiger partial charge in [0, 0.05) is 13.1 Å². The van der Waals surface area contributed by atoms with Gasteiger partial charge in [0.1, 0.15) is 5.82 Å². The minimum atomic E-state index is -0.253. The molecule has 0 aliphatic carbocycles. The van der Waals surface area contributed by atoms with E-state index in [-0.39, 0.29) is 17.6 Å². The summed E-state index contributed by atoms with van der Waals surface area (Å²) in [7, 11) is 0. The standard InChI is InChI=1S/C13H17FN2O/c14-12-5-3-10(4-6-12)8-16-13(17)11-2-1-7-15-9-11/h3-6,11,15H,1-2,7-9H2,(H,16,17)/t11-/m1/s1. The molecule has 1 atom stereocenters. The SMILES string of the molecule is O=C(NCc1ccc(F)cc1)[C@@H]1CCCNC1. The zero-order valence-electron chi connectivity index (χ0n) is 9.71. The van der Waals surface area contributed by atoms with E-state index in [1.807, 2.05) is 0 Å². The Morgan fingerprint density at radius 1 is 1.41 bits per heavy atom. The molecule has 0 bridgehead atoms. The van der Waals surface area contributed by atoms with E-state index in [1.54, 1.807) is 12.1 Å². The van der Waals surface area contributed by atoms with Crippen LogP contribution < -0.4 is 10.6 Å². The highest BCUT2D eigenvalue weighted by Gasteiger charge is 2.20. The molecule has 0 saturated carbocycles. The molecule has 1 amide bonds. The third kappa shape index (κ3) is 3.53. The summed E-state index contributed by atoms with van der Waals surface area (Å²) in [5.41, 5.74) is 0.920. The molecule has 0 spiro atoms. The van der Waals surface area contributed by atoms with Crippen LogP contribution in [0.25, 0.3) is 0 Å². The predicted octanol–water partition coefficient (Wildman–Crippen LogP) is 1.44. The Morgan fingerprint density at radius 2 is 2.18 bits per heavy atom. The van der Waals surface area contributed by atoms with Gasteiger partial charge in [0.05, 0.1) is 5.92 Å². The Morgan fingerprint density at radius 3 is 2.82 bits per heavy atom. The van der Waals surface area contributed by atoms with Gasteiger partial charge in [-0.3, -0.25) is 4.79 Å². The molecule has 1 aromatic rings. The Balaban J connectivity index is 1.81. The molecule has 0 unspecified atom stereocenters. The van der Waals surface area contributed by atoms with Crippen LogP contribution in [0.15, 0.2) is 24.3 Å². The first kappa shape index (κ1) is 12.0. The topological polar surface area (TPSA) is 41.1 Å². The van der Waals surface area contributed by atoms with Crippen molar-refractivity contribution in [3.8, 4) is 0 Å². The molecule has 1 saturated heterocycles. The fourth-order valence-electron chi connectivity index (χ4n) is 2.01. The van der Waals surface area contributed by atoms with Crippen LogP contribution in [0.5, 0.6) is 0 Å². The highest BCUT2D eigenvalue weighted by Crippen LogP contribution is 2.10. The number of carbonyl (C=O) groups excluding carboxylic acids is 1. The minimum absolute atomic E-state index is 0.0733. The van der Waals surface area contributed by atoms with E-state index >= 15 is 0 Å². The van der Waals surface area contributed by atoms with Crippen molar-refractivity contribution in [2.75, 3.05) is 13.1 Å². The molecule has 17 heavy (non-hydrogen) atoms. The number of hydrogen-bond donors (Lipinski definition) is 2. The van der Waals surface area contributed by atoms with E-state index in [2.05, 4.69) is 10.6 Å². The maximum atomic E-state index is 12.7. The molecule has 3 nitrogen and oxygen atoms in total. The van der Waals surface area contributed by atoms with Crippen molar-refractivity contribution in [3.63, 3.8) is 0 Å². The summed E-state index contributed by atoms with van der Waals surface area (Å²) >= 11 is 0. The van der Waals surface area contributed by atoms with Crippen molar-refractivity contribution in [1.82, 2.24) is 10.6 Å². The second kappa shape index (κ2) is 5.77. The lowest BCUT2D eigenvalue weighted by Gasteiger charge is -2.21. The molecule has 4 heteroatoms. The van der Waals surface area contributed by atoms with Crippen LogP contribution in [0, 0.1) is 11.7 Å². The maximum Gasteiger partial charge on any atom is 0.224 e. The van der Waals surface area contributed by atoms with E-state index in [0.717, 1.165) is 31.5 Å². The Hall–Kier alpha value is -1.42. The maximum absolute atomic E-state index is 12.7. The fourth-order valence-corrected chi connectivity index (χ4v) is 2.01. The second-order valence-corrected chi connectivity index (χ2v) is 4.39. The van der Waals surface area contributed by atoms with E-state index in [9.17, 15) is 9.18 Å². The molecule has 1 fully saturated rings. The molecule has 2 rings (SSSR count). The van der Waals surface area contributed by atoms with Gasteiger partial charge in [-0.05, 0) is 37.1 Å². The first-order chi connectivity index (χ1) is 8.25. The van der Waals surface area contributed by atoms with Gasteiger partial charge >= 0.3 is 0 Å². The van der Waals surface area contributed by atoms with Crippen molar-refractivity contribution in [2.45, 2.75) is 19.4 Å². The molecule has 1 aliphatic heterocycles. The molecule has 2 N–H and O–H groups in total. The number of nitrogens with one attached hydrogen (secondary N) is 2. The average molecular weight is 236 g/mol. The number of carbonyl (C=O) groups is 1. The number of benzene rings is 1. The van der Waals surface area contributed by atoms with Crippen molar-refractivity contribution < 1.29 is 9.18 Å². The Labute approximate surface area is 100 Å². The minimum Gasteiger partial charge on any atom is -0.352 e. The average Bonchev–Trinajstić information content (AvgIpc) is 2.39. The third-order valence-corrected chi connectivity index (χ3v) is 3.05. The number of piperidine rings is 1. The summed E-state index contributed by atoms with van der Waals surface area (Å²) in [6.07, 6.45) is 2.00. The number of amides is 1. The first-order valence-corrected chi connectivity index (χ1v) is 5.98. The van der Waals surface area contributed by atoms with Crippen molar-refractivity contribution in [2.24, 2.45) is 5.92 Å². The van der Waals surface area contributed by atoms with E-state index < -0.39 is 0 Å². The quantitative estimate of drug-likeness (QED) is 0.834. The van der Waals surface area contributed by atoms with Gasteiger partial charge in [-0.2, -0.15) is 0 Å². The molecule has 1 aliphatic rings. The largest absolute Gasteiger partial charge is 0.352 e. The predicted molar refractivity (Wildman–Crippen MR) is 63.8 cm³/mol. The van der Waals surface area contributed by atoms with Gasteiger partial charge in [-0.25, -0.2) is 4.39 Å². The van der Waals surface area contributed by atoms with Crippen molar-refractivity contribution in [1.29, 1.82) is 0 Å². The van der Waals surface area contributed by atoms with Crippen LogP contribution >= 0.6 is 0 Å². The Bertz CT molecular complexity index is 372. The summed E-state index contributed by atoms with van der Waals surface area (Å²) in [5.74, 6) is -0.0951. The lowest BCUT2D eigenvalue weighted by Crippen LogP contribution is -2.40. The van der Waals surface area contributed by atoms with Gasteiger partial charge < -0.3 is 10.6 Å². The lowest BCUT2D eigenvalue weighted by atomic mass is 9.99. The molecule has 1 aromatic carbocycles. The molecule has 0 aromatic heterocycles. The molecular formula is C13H17FN2O. The van der Waals surface area contributed by atoms with Crippen molar-refractivity contribution in [3.05, 3.63) is 35.6 Å². The first-order valence-electron chi connectivity index (χ1n) is 5.98. The van der Waals surface area contributed by atoms with Crippen LogP contribution in [0.2, 0.25) is 0 Å². The van der Waals surface area contributed by atoms with Gasteiger partial charge in [0.25, 0.3) is 0 Å². The van der Waals surface area contributed by atoms with E-state index in [4.69, 9.17) is 0 Å². The van der Waals surface area contributed by atoms with Crippen LogP contribution in [-0.4, -0.2) is 19.0 Å². The third-order valence-electron chi connectivity index (χ3n) is 3.05. The van der Waals surface area contributed by atoms with Gasteiger partial charge in [0.2, 0.25) is 5.91 Å². The summed E-state index contributed by atoms with van der Waals surface area (Å²) < 4.78 is 12.7. The van der Waals surface area contributed by atoms with Gasteiger partial charge in [0.15, 0.2) is 0 Å². The number of rotatable bonds is 3. The second-order valence-electron chi connectivity index (χ2n) is 4.39. The highest BCUT2D eigenvalue weighted by molar-refractivity contribution is 5.78. The zero-order valence-corrected chi connectivity index (χ0v) is 9.71. The zero-order chi connectivity index (χ0) is 12.1.